The molecule has 2 aromatic rings. The lowest BCUT2D eigenvalue weighted by Gasteiger charge is -2.19. The number of benzene rings is 2. The summed E-state index contributed by atoms with van der Waals surface area (Å²) in [7, 11) is 0. The van der Waals surface area contributed by atoms with E-state index in [9.17, 15) is 14.4 Å². The number of anilines is 1. The van der Waals surface area contributed by atoms with Gasteiger partial charge in [0, 0.05) is 43.9 Å². The van der Waals surface area contributed by atoms with E-state index in [1.54, 1.807) is 24.3 Å². The summed E-state index contributed by atoms with van der Waals surface area (Å²) < 4.78 is 5.39. The van der Waals surface area contributed by atoms with Crippen LogP contribution in [0, 0.1) is 0 Å². The van der Waals surface area contributed by atoms with E-state index in [-0.39, 0.29) is 24.1 Å². The molecule has 3 amide bonds. The monoisotopic (exact) mass is 496 g/mol. The minimum atomic E-state index is -0.531. The molecule has 9 heteroatoms. The SMILES string of the molecule is CCOCc1ccc(CNC(=O)c2cccc(NC(=O)C[C@@H]3SC(N(CC)CC)=NC3=O)c2)cc1. The predicted molar refractivity (Wildman–Crippen MR) is 139 cm³/mol. The number of carbonyl (C=O) groups is 3. The summed E-state index contributed by atoms with van der Waals surface area (Å²) in [5.41, 5.74) is 3.00. The Morgan fingerprint density at radius 2 is 1.77 bits per heavy atom. The summed E-state index contributed by atoms with van der Waals surface area (Å²) in [4.78, 5) is 43.5. The molecule has 0 spiro atoms. The average Bonchev–Trinajstić information content (AvgIpc) is 3.22. The van der Waals surface area contributed by atoms with Gasteiger partial charge < -0.3 is 20.3 Å². The van der Waals surface area contributed by atoms with Crippen molar-refractivity contribution < 1.29 is 19.1 Å². The number of aliphatic imine (C=N–C) groups is 1. The summed E-state index contributed by atoms with van der Waals surface area (Å²) in [6, 6.07) is 14.6. The number of nitrogens with one attached hydrogen (secondary N) is 2. The van der Waals surface area contributed by atoms with Crippen LogP contribution in [-0.4, -0.2) is 52.7 Å². The van der Waals surface area contributed by atoms with Crippen LogP contribution in [-0.2, 0) is 27.5 Å². The van der Waals surface area contributed by atoms with Crippen molar-refractivity contribution in [1.29, 1.82) is 0 Å². The van der Waals surface area contributed by atoms with Gasteiger partial charge in [-0.2, -0.15) is 4.99 Å². The summed E-state index contributed by atoms with van der Waals surface area (Å²) in [6.07, 6.45) is 0.0213. The first-order chi connectivity index (χ1) is 16.9. The van der Waals surface area contributed by atoms with Gasteiger partial charge in [-0.3, -0.25) is 14.4 Å². The molecule has 0 aromatic heterocycles. The maximum absolute atomic E-state index is 12.6. The van der Waals surface area contributed by atoms with E-state index in [2.05, 4.69) is 15.6 Å². The highest BCUT2D eigenvalue weighted by molar-refractivity contribution is 8.15. The molecule has 1 aliphatic heterocycles. The zero-order valence-corrected chi connectivity index (χ0v) is 21.2. The Hall–Kier alpha value is -3.17. The van der Waals surface area contributed by atoms with Crippen LogP contribution in [0.1, 0.15) is 48.7 Å². The third-order valence-corrected chi connectivity index (χ3v) is 6.70. The van der Waals surface area contributed by atoms with E-state index < -0.39 is 5.25 Å². The molecule has 2 N–H and O–H groups in total. The number of carbonyl (C=O) groups excluding carboxylic acids is 3. The van der Waals surface area contributed by atoms with Gasteiger partial charge in [0.1, 0.15) is 5.25 Å². The van der Waals surface area contributed by atoms with Crippen molar-refractivity contribution in [2.24, 2.45) is 4.99 Å². The Bertz CT molecular complexity index is 1070. The van der Waals surface area contributed by atoms with Crippen LogP contribution >= 0.6 is 11.8 Å². The molecule has 2 aromatic carbocycles. The molecule has 1 atom stereocenters. The fraction of sp³-hybridized carbons (Fsp3) is 0.385. The van der Waals surface area contributed by atoms with Crippen LogP contribution in [0.2, 0.25) is 0 Å². The zero-order valence-electron chi connectivity index (χ0n) is 20.4. The maximum Gasteiger partial charge on any atom is 0.262 e. The predicted octanol–water partition coefficient (Wildman–Crippen LogP) is 3.82. The molecule has 8 nitrogen and oxygen atoms in total. The molecule has 0 unspecified atom stereocenters. The van der Waals surface area contributed by atoms with Gasteiger partial charge in [0.05, 0.1) is 6.61 Å². The van der Waals surface area contributed by atoms with Crippen LogP contribution < -0.4 is 10.6 Å². The topological polar surface area (TPSA) is 100 Å². The number of nitrogens with zero attached hydrogens (tertiary/aromatic N) is 2. The average molecular weight is 497 g/mol. The van der Waals surface area contributed by atoms with E-state index in [1.165, 1.54) is 11.8 Å². The van der Waals surface area contributed by atoms with E-state index >= 15 is 0 Å². The molecule has 1 heterocycles. The van der Waals surface area contributed by atoms with Crippen LogP contribution in [0.15, 0.2) is 53.5 Å². The number of ether oxygens (including phenoxy) is 1. The Morgan fingerprint density at radius 3 is 2.46 bits per heavy atom. The summed E-state index contributed by atoms with van der Waals surface area (Å²) >= 11 is 1.33. The molecule has 0 bridgehead atoms. The van der Waals surface area contributed by atoms with Crippen molar-refractivity contribution in [3.63, 3.8) is 0 Å². The van der Waals surface area contributed by atoms with Gasteiger partial charge >= 0.3 is 0 Å². The van der Waals surface area contributed by atoms with E-state index in [0.29, 0.717) is 36.2 Å². The van der Waals surface area contributed by atoms with Crippen LogP contribution in [0.5, 0.6) is 0 Å². The number of rotatable bonds is 11. The van der Waals surface area contributed by atoms with Crippen molar-refractivity contribution in [2.45, 2.75) is 45.6 Å². The van der Waals surface area contributed by atoms with Crippen molar-refractivity contribution in [2.75, 3.05) is 25.0 Å². The van der Waals surface area contributed by atoms with E-state index in [0.717, 1.165) is 24.2 Å². The van der Waals surface area contributed by atoms with Crippen molar-refractivity contribution in [1.82, 2.24) is 10.2 Å². The molecule has 186 valence electrons. The second kappa shape index (κ2) is 13.1. The van der Waals surface area contributed by atoms with Gasteiger partial charge in [-0.25, -0.2) is 0 Å². The molecule has 0 fully saturated rings. The molecule has 35 heavy (non-hydrogen) atoms. The van der Waals surface area contributed by atoms with Crippen molar-refractivity contribution in [3.8, 4) is 0 Å². The number of hydrogen-bond acceptors (Lipinski definition) is 6. The summed E-state index contributed by atoms with van der Waals surface area (Å²) in [5, 5.41) is 5.83. The van der Waals surface area contributed by atoms with Gasteiger partial charge in [0.15, 0.2) is 5.17 Å². The second-order valence-electron chi connectivity index (χ2n) is 7.98. The fourth-order valence-corrected chi connectivity index (χ4v) is 4.71. The van der Waals surface area contributed by atoms with Crippen molar-refractivity contribution >= 4 is 40.3 Å². The largest absolute Gasteiger partial charge is 0.377 e. The van der Waals surface area contributed by atoms with E-state index in [4.69, 9.17) is 4.74 Å². The summed E-state index contributed by atoms with van der Waals surface area (Å²) in [5.74, 6) is -0.819. The quantitative estimate of drug-likeness (QED) is 0.491. The molecule has 1 aliphatic rings. The normalized spacial score (nSPS) is 15.0. The smallest absolute Gasteiger partial charge is 0.262 e. The first-order valence-corrected chi connectivity index (χ1v) is 12.7. The Labute approximate surface area is 210 Å². The van der Waals surface area contributed by atoms with Gasteiger partial charge in [0.2, 0.25) is 5.91 Å². The molecular weight excluding hydrogens is 464 g/mol. The lowest BCUT2D eigenvalue weighted by atomic mass is 10.1. The number of hydrogen-bond donors (Lipinski definition) is 2. The van der Waals surface area contributed by atoms with Gasteiger partial charge in [0.25, 0.3) is 11.8 Å². The third-order valence-electron chi connectivity index (χ3n) is 5.49. The maximum atomic E-state index is 12.6. The first kappa shape index (κ1) is 26.4. The van der Waals surface area contributed by atoms with Crippen LogP contribution in [0.4, 0.5) is 5.69 Å². The second-order valence-corrected chi connectivity index (χ2v) is 9.15. The lowest BCUT2D eigenvalue weighted by molar-refractivity contribution is -0.121. The van der Waals surface area contributed by atoms with Gasteiger partial charge in [-0.05, 0) is 50.1 Å². The Kier molecular flexibility index (Phi) is 9.86. The standard InChI is InChI=1S/C26H32N4O4S/c1-4-30(5-2)26-29-25(33)22(35-26)15-23(31)28-21-9-7-8-20(14-21)24(32)27-16-18-10-12-19(13-11-18)17-34-6-3/h7-14,22H,4-6,15-17H2,1-3H3,(H,27,32)(H,28,31)/t22-/m0/s1. The lowest BCUT2D eigenvalue weighted by Crippen LogP contribution is -2.28. The van der Waals surface area contributed by atoms with Crippen molar-refractivity contribution in [3.05, 3.63) is 65.2 Å². The highest BCUT2D eigenvalue weighted by atomic mass is 32.2. The highest BCUT2D eigenvalue weighted by Gasteiger charge is 2.32. The van der Waals surface area contributed by atoms with Gasteiger partial charge in [-0.1, -0.05) is 42.1 Å². The molecular formula is C26H32N4O4S. The molecule has 0 saturated heterocycles. The highest BCUT2D eigenvalue weighted by Crippen LogP contribution is 2.27. The summed E-state index contributed by atoms with van der Waals surface area (Å²) in [6.45, 7) is 9.09. The molecule has 0 saturated carbocycles. The minimum absolute atomic E-state index is 0.0213. The van der Waals surface area contributed by atoms with Crippen LogP contribution in [0.3, 0.4) is 0 Å². The Morgan fingerprint density at radius 1 is 1.06 bits per heavy atom. The number of amidine groups is 1. The van der Waals surface area contributed by atoms with Gasteiger partial charge in [-0.15, -0.1) is 0 Å². The minimum Gasteiger partial charge on any atom is -0.377 e. The van der Waals surface area contributed by atoms with E-state index in [1.807, 2.05) is 49.9 Å². The van der Waals surface area contributed by atoms with Crippen LogP contribution in [0.25, 0.3) is 0 Å². The first-order valence-electron chi connectivity index (χ1n) is 11.8. The molecule has 0 aliphatic carbocycles. The molecule has 3 rings (SSSR count). The third kappa shape index (κ3) is 7.66. The zero-order chi connectivity index (χ0) is 25.2. The molecule has 0 radical (unpaired) electrons. The number of amides is 3. The number of thioether (sulfide) groups is 1. The fourth-order valence-electron chi connectivity index (χ4n) is 3.51. The Balaban J connectivity index is 1.51.